The number of rotatable bonds is 9. The van der Waals surface area contributed by atoms with Crippen LogP contribution in [0.2, 0.25) is 0 Å². The van der Waals surface area contributed by atoms with Crippen molar-refractivity contribution >= 4 is 11.8 Å². The fourth-order valence-electron chi connectivity index (χ4n) is 3.51. The summed E-state index contributed by atoms with van der Waals surface area (Å²) in [6.07, 6.45) is 4.89. The molecule has 5 heteroatoms. The van der Waals surface area contributed by atoms with Crippen LogP contribution in [-0.4, -0.2) is 34.9 Å². The van der Waals surface area contributed by atoms with Crippen molar-refractivity contribution in [2.45, 2.75) is 64.8 Å². The number of hydrogen-bond acceptors (Lipinski definition) is 3. The van der Waals surface area contributed by atoms with Crippen molar-refractivity contribution in [2.75, 3.05) is 13.1 Å². The molecule has 0 aliphatic heterocycles. The molecular formula is C20H30N2O3. The minimum atomic E-state index is -0.0259. The van der Waals surface area contributed by atoms with E-state index in [1.807, 2.05) is 17.0 Å². The fourth-order valence-corrected chi connectivity index (χ4v) is 3.51. The van der Waals surface area contributed by atoms with Gasteiger partial charge in [-0.3, -0.25) is 9.59 Å². The summed E-state index contributed by atoms with van der Waals surface area (Å²) in [4.78, 5) is 26.3. The average molecular weight is 346 g/mol. The minimum Gasteiger partial charge on any atom is -0.508 e. The number of carbonyl (C=O) groups excluding carboxylic acids is 2. The van der Waals surface area contributed by atoms with Crippen LogP contribution in [0, 0.1) is 0 Å². The SMILES string of the molecule is CCCN(CCC)C(=O)CCCC(=O)N[C@H]1CCc2c(O)cccc21. The highest BCUT2D eigenvalue weighted by Gasteiger charge is 2.25. The zero-order valence-corrected chi connectivity index (χ0v) is 15.4. The van der Waals surface area contributed by atoms with Crippen LogP contribution in [0.1, 0.15) is 69.5 Å². The van der Waals surface area contributed by atoms with Gasteiger partial charge in [-0.2, -0.15) is 0 Å². The van der Waals surface area contributed by atoms with Gasteiger partial charge in [0.25, 0.3) is 0 Å². The van der Waals surface area contributed by atoms with Gasteiger partial charge in [0.15, 0.2) is 0 Å². The Morgan fingerprint density at radius 1 is 1.20 bits per heavy atom. The molecule has 0 fully saturated rings. The molecule has 25 heavy (non-hydrogen) atoms. The van der Waals surface area contributed by atoms with Gasteiger partial charge in [-0.1, -0.05) is 26.0 Å². The van der Waals surface area contributed by atoms with Gasteiger partial charge < -0.3 is 15.3 Å². The molecule has 0 radical (unpaired) electrons. The molecule has 0 bridgehead atoms. The molecule has 0 aromatic heterocycles. The molecule has 0 spiro atoms. The molecule has 1 aliphatic rings. The van der Waals surface area contributed by atoms with E-state index >= 15 is 0 Å². The third-order valence-electron chi connectivity index (χ3n) is 4.72. The van der Waals surface area contributed by atoms with Gasteiger partial charge in [0.2, 0.25) is 11.8 Å². The van der Waals surface area contributed by atoms with E-state index in [0.717, 1.165) is 49.9 Å². The Kier molecular flexibility index (Phi) is 7.29. The largest absolute Gasteiger partial charge is 0.508 e. The smallest absolute Gasteiger partial charge is 0.222 e. The van der Waals surface area contributed by atoms with Crippen LogP contribution >= 0.6 is 0 Å². The minimum absolute atomic E-state index is 0.0217. The van der Waals surface area contributed by atoms with E-state index in [1.165, 1.54) is 0 Å². The second-order valence-corrected chi connectivity index (χ2v) is 6.74. The summed E-state index contributed by atoms with van der Waals surface area (Å²) in [7, 11) is 0. The van der Waals surface area contributed by atoms with E-state index in [0.29, 0.717) is 25.0 Å². The van der Waals surface area contributed by atoms with E-state index in [2.05, 4.69) is 19.2 Å². The van der Waals surface area contributed by atoms with Crippen molar-refractivity contribution in [3.05, 3.63) is 29.3 Å². The van der Waals surface area contributed by atoms with E-state index in [4.69, 9.17) is 0 Å². The first kappa shape index (κ1) is 19.3. The first-order chi connectivity index (χ1) is 12.1. The van der Waals surface area contributed by atoms with Crippen LogP contribution < -0.4 is 5.32 Å². The number of benzene rings is 1. The first-order valence-corrected chi connectivity index (χ1v) is 9.44. The molecule has 1 aromatic rings. The summed E-state index contributed by atoms with van der Waals surface area (Å²) in [5.74, 6) is 0.436. The summed E-state index contributed by atoms with van der Waals surface area (Å²) < 4.78 is 0. The zero-order chi connectivity index (χ0) is 18.2. The summed E-state index contributed by atoms with van der Waals surface area (Å²) in [6, 6.07) is 5.44. The maximum atomic E-state index is 12.2. The van der Waals surface area contributed by atoms with Gasteiger partial charge in [-0.05, 0) is 49.3 Å². The van der Waals surface area contributed by atoms with Crippen molar-refractivity contribution in [3.63, 3.8) is 0 Å². The number of phenolic OH excluding ortho intramolecular Hbond substituents is 1. The summed E-state index contributed by atoms with van der Waals surface area (Å²) >= 11 is 0. The Balaban J connectivity index is 1.77. The van der Waals surface area contributed by atoms with Gasteiger partial charge in [-0.25, -0.2) is 0 Å². The van der Waals surface area contributed by atoms with Crippen LogP contribution in [0.5, 0.6) is 5.75 Å². The number of carbonyl (C=O) groups is 2. The molecule has 1 aliphatic carbocycles. The van der Waals surface area contributed by atoms with Crippen LogP contribution in [-0.2, 0) is 16.0 Å². The predicted molar refractivity (Wildman–Crippen MR) is 98.3 cm³/mol. The Bertz CT molecular complexity index is 595. The molecule has 0 unspecified atom stereocenters. The molecule has 138 valence electrons. The molecular weight excluding hydrogens is 316 g/mol. The Morgan fingerprint density at radius 3 is 2.60 bits per heavy atom. The summed E-state index contributed by atoms with van der Waals surface area (Å²) in [5, 5.41) is 12.9. The molecule has 5 nitrogen and oxygen atoms in total. The third-order valence-corrected chi connectivity index (χ3v) is 4.72. The average Bonchev–Trinajstić information content (AvgIpc) is 2.99. The lowest BCUT2D eigenvalue weighted by Crippen LogP contribution is -2.32. The van der Waals surface area contributed by atoms with Gasteiger partial charge >= 0.3 is 0 Å². The molecule has 0 heterocycles. The summed E-state index contributed by atoms with van der Waals surface area (Å²) in [5.41, 5.74) is 1.96. The second-order valence-electron chi connectivity index (χ2n) is 6.74. The third kappa shape index (κ3) is 5.21. The molecule has 1 aromatic carbocycles. The number of aromatic hydroxyl groups is 1. The fraction of sp³-hybridized carbons (Fsp3) is 0.600. The van der Waals surface area contributed by atoms with E-state index in [1.54, 1.807) is 6.07 Å². The Hall–Kier alpha value is -2.04. The van der Waals surface area contributed by atoms with Gasteiger partial charge in [0.05, 0.1) is 6.04 Å². The zero-order valence-electron chi connectivity index (χ0n) is 15.4. The van der Waals surface area contributed by atoms with Crippen LogP contribution in [0.25, 0.3) is 0 Å². The van der Waals surface area contributed by atoms with Crippen molar-refractivity contribution in [2.24, 2.45) is 0 Å². The topological polar surface area (TPSA) is 69.6 Å². The normalized spacial score (nSPS) is 15.7. The lowest BCUT2D eigenvalue weighted by Gasteiger charge is -2.21. The van der Waals surface area contributed by atoms with Gasteiger partial charge in [0.1, 0.15) is 5.75 Å². The number of hydrogen-bond donors (Lipinski definition) is 2. The molecule has 2 rings (SSSR count). The highest BCUT2D eigenvalue weighted by atomic mass is 16.3. The van der Waals surface area contributed by atoms with E-state index in [9.17, 15) is 14.7 Å². The highest BCUT2D eigenvalue weighted by Crippen LogP contribution is 2.36. The lowest BCUT2D eigenvalue weighted by atomic mass is 10.1. The number of fused-ring (bicyclic) bond motifs is 1. The molecule has 0 saturated carbocycles. The quantitative estimate of drug-likeness (QED) is 0.721. The molecule has 1 atom stereocenters. The number of phenols is 1. The standard InChI is InChI=1S/C20H30N2O3/c1-3-13-22(14-4-2)20(25)10-6-9-19(24)21-17-12-11-16-15(17)7-5-8-18(16)23/h5,7-8,17,23H,3-4,6,9-14H2,1-2H3,(H,21,24)/t17-/m0/s1. The number of amides is 2. The van der Waals surface area contributed by atoms with Crippen LogP contribution in [0.3, 0.4) is 0 Å². The van der Waals surface area contributed by atoms with Gasteiger partial charge in [-0.15, -0.1) is 0 Å². The van der Waals surface area contributed by atoms with Crippen molar-refractivity contribution < 1.29 is 14.7 Å². The van der Waals surface area contributed by atoms with Crippen LogP contribution in [0.4, 0.5) is 0 Å². The van der Waals surface area contributed by atoms with Crippen LogP contribution in [0.15, 0.2) is 18.2 Å². The van der Waals surface area contributed by atoms with Crippen molar-refractivity contribution in [1.82, 2.24) is 10.2 Å². The monoisotopic (exact) mass is 346 g/mol. The Labute approximate surface area is 150 Å². The summed E-state index contributed by atoms with van der Waals surface area (Å²) in [6.45, 7) is 5.73. The first-order valence-electron chi connectivity index (χ1n) is 9.44. The molecule has 0 saturated heterocycles. The maximum Gasteiger partial charge on any atom is 0.222 e. The lowest BCUT2D eigenvalue weighted by molar-refractivity contribution is -0.131. The van der Waals surface area contributed by atoms with E-state index in [-0.39, 0.29) is 17.9 Å². The maximum absolute atomic E-state index is 12.2. The second kappa shape index (κ2) is 9.44. The predicted octanol–water partition coefficient (Wildman–Crippen LogP) is 3.31. The Morgan fingerprint density at radius 2 is 1.92 bits per heavy atom. The highest BCUT2D eigenvalue weighted by molar-refractivity contribution is 5.79. The van der Waals surface area contributed by atoms with Gasteiger partial charge in [0, 0.05) is 25.9 Å². The molecule has 2 N–H and O–H groups in total. The molecule has 2 amide bonds. The van der Waals surface area contributed by atoms with Crippen molar-refractivity contribution in [3.8, 4) is 5.75 Å². The number of nitrogens with one attached hydrogen (secondary N) is 1. The van der Waals surface area contributed by atoms with E-state index < -0.39 is 0 Å². The van der Waals surface area contributed by atoms with Crippen molar-refractivity contribution in [1.29, 1.82) is 0 Å². The number of nitrogens with zero attached hydrogens (tertiary/aromatic N) is 1.